The average Bonchev–Trinajstić information content (AvgIpc) is 3.48. The number of aromatic nitrogens is 4. The Morgan fingerprint density at radius 3 is 2.46 bits per heavy atom. The number of nitrogen functional groups attached to an aromatic ring is 1. The van der Waals surface area contributed by atoms with Crippen molar-refractivity contribution in [3.8, 4) is 28.8 Å². The molecule has 2 aromatic heterocycles. The molecule has 1 unspecified atom stereocenters. The van der Waals surface area contributed by atoms with Gasteiger partial charge in [0, 0.05) is 56.3 Å². The Balaban J connectivity index is 1.09. The summed E-state index contributed by atoms with van der Waals surface area (Å²) in [4.78, 5) is 29.8. The zero-order valence-electron chi connectivity index (χ0n) is 27.5. The Morgan fingerprint density at radius 2 is 1.77 bits per heavy atom. The number of piperidine rings is 1. The van der Waals surface area contributed by atoms with Crippen molar-refractivity contribution in [2.24, 2.45) is 0 Å². The van der Waals surface area contributed by atoms with E-state index in [1.807, 2.05) is 60.7 Å². The van der Waals surface area contributed by atoms with Crippen LogP contribution in [0.4, 0.5) is 5.82 Å². The van der Waals surface area contributed by atoms with E-state index < -0.39 is 5.54 Å². The van der Waals surface area contributed by atoms with Crippen LogP contribution < -0.4 is 10.5 Å². The quantitative estimate of drug-likeness (QED) is 0.220. The molecule has 5 heterocycles. The van der Waals surface area contributed by atoms with Crippen molar-refractivity contribution >= 4 is 17.2 Å². The van der Waals surface area contributed by atoms with Gasteiger partial charge in [-0.3, -0.25) is 14.6 Å². The fraction of sp³-hybridized carbons (Fsp3) is 0.417. The third-order valence-electron chi connectivity index (χ3n) is 9.78. The number of benzene rings is 2. The summed E-state index contributed by atoms with van der Waals surface area (Å²) in [7, 11) is 0. The van der Waals surface area contributed by atoms with Gasteiger partial charge in [0.25, 0.3) is 5.91 Å². The number of carbonyl (C=O) groups is 1. The second-order valence-corrected chi connectivity index (χ2v) is 13.3. The fourth-order valence-electron chi connectivity index (χ4n) is 6.97. The summed E-state index contributed by atoms with van der Waals surface area (Å²) in [5.74, 6) is 2.15. The molecule has 0 spiro atoms. The Hall–Kier alpha value is -4.83. The number of hydrogen-bond acceptors (Lipinski definition) is 10. The minimum Gasteiger partial charge on any atom is -0.457 e. The molecule has 2 N–H and O–H groups in total. The van der Waals surface area contributed by atoms with E-state index in [2.05, 4.69) is 39.8 Å². The number of ether oxygens (including phenoxy) is 2. The Morgan fingerprint density at radius 1 is 1.04 bits per heavy atom. The van der Waals surface area contributed by atoms with Gasteiger partial charge in [-0.25, -0.2) is 14.5 Å². The van der Waals surface area contributed by atoms with Crippen molar-refractivity contribution < 1.29 is 14.3 Å². The number of imidazole rings is 1. The number of nitrogens with zero attached hydrogens (tertiary/aromatic N) is 8. The molecule has 3 saturated heterocycles. The highest BCUT2D eigenvalue weighted by Gasteiger charge is 2.36. The van der Waals surface area contributed by atoms with Gasteiger partial charge in [0.15, 0.2) is 5.82 Å². The third kappa shape index (κ3) is 6.36. The van der Waals surface area contributed by atoms with Crippen LogP contribution in [0.1, 0.15) is 38.4 Å². The predicted octanol–water partition coefficient (Wildman–Crippen LogP) is 4.12. The van der Waals surface area contributed by atoms with Crippen molar-refractivity contribution in [3.05, 3.63) is 78.4 Å². The first-order valence-electron chi connectivity index (χ1n) is 16.6. The average molecular weight is 648 g/mol. The van der Waals surface area contributed by atoms with Gasteiger partial charge in [0.1, 0.15) is 46.5 Å². The number of nitriles is 1. The number of anilines is 1. The molecular formula is C36H41N9O3. The molecule has 0 aliphatic carbocycles. The molecule has 3 aliphatic rings. The van der Waals surface area contributed by atoms with Crippen LogP contribution >= 0.6 is 0 Å². The highest BCUT2D eigenvalue weighted by Crippen LogP contribution is 2.35. The number of amides is 1. The maximum atomic E-state index is 13.9. The molecule has 1 amide bonds. The molecule has 7 rings (SSSR count). The Labute approximate surface area is 280 Å². The van der Waals surface area contributed by atoms with Crippen LogP contribution in [-0.2, 0) is 9.53 Å². The molecule has 248 valence electrons. The summed E-state index contributed by atoms with van der Waals surface area (Å²) in [5.41, 5.74) is 8.27. The molecule has 0 saturated carbocycles. The van der Waals surface area contributed by atoms with Gasteiger partial charge in [-0.1, -0.05) is 18.2 Å². The van der Waals surface area contributed by atoms with Crippen LogP contribution in [0.5, 0.6) is 11.5 Å². The second kappa shape index (κ2) is 13.4. The molecule has 0 bridgehead atoms. The van der Waals surface area contributed by atoms with Crippen molar-refractivity contribution in [1.82, 2.24) is 34.3 Å². The van der Waals surface area contributed by atoms with Crippen LogP contribution in [0, 0.1) is 11.3 Å². The Kier molecular flexibility index (Phi) is 8.83. The molecule has 4 aromatic rings. The third-order valence-corrected chi connectivity index (χ3v) is 9.78. The highest BCUT2D eigenvalue weighted by molar-refractivity contribution is 5.97. The molecule has 3 aliphatic heterocycles. The lowest BCUT2D eigenvalue weighted by atomic mass is 9.94. The lowest BCUT2D eigenvalue weighted by molar-refractivity contribution is -0.128. The summed E-state index contributed by atoms with van der Waals surface area (Å²) in [6.45, 7) is 10.4. The summed E-state index contributed by atoms with van der Waals surface area (Å²) in [5, 5.41) is 14.7. The van der Waals surface area contributed by atoms with E-state index in [1.165, 1.54) is 6.33 Å². The van der Waals surface area contributed by atoms with E-state index >= 15 is 0 Å². The summed E-state index contributed by atoms with van der Waals surface area (Å²) < 4.78 is 13.1. The van der Waals surface area contributed by atoms with Crippen LogP contribution in [0.25, 0.3) is 16.8 Å². The number of likely N-dealkylation sites (tertiary alicyclic amines) is 1. The highest BCUT2D eigenvalue weighted by atomic mass is 16.5. The Bertz CT molecular complexity index is 1840. The molecule has 0 radical (unpaired) electrons. The number of piperazine rings is 1. The lowest BCUT2D eigenvalue weighted by Gasteiger charge is -2.46. The minimum absolute atomic E-state index is 0.101. The van der Waals surface area contributed by atoms with Gasteiger partial charge >= 0.3 is 0 Å². The molecule has 12 heteroatoms. The number of hydrogen-bond donors (Lipinski definition) is 1. The topological polar surface area (TPSA) is 138 Å². The van der Waals surface area contributed by atoms with Crippen LogP contribution in [0.3, 0.4) is 0 Å². The smallest absolute Gasteiger partial charge is 0.264 e. The maximum absolute atomic E-state index is 13.9. The van der Waals surface area contributed by atoms with Gasteiger partial charge in [0.2, 0.25) is 0 Å². The standard InChI is InChI=1S/C36H41N9O3/c1-36(2,44-17-15-42(16-18-44)28-22-47-23-28)19-27(20-37)35(46)43-14-6-7-26(21-43)34-41-31(32-33(38)39-24-40-45(32)34)25-10-12-30(13-11-25)48-29-8-4-3-5-9-29/h3-5,8-13,19,24,26,28H,6-7,14-18,21-23H2,1-2H3,(H2,38,39,40). The van der Waals surface area contributed by atoms with E-state index in [9.17, 15) is 10.1 Å². The zero-order chi connectivity index (χ0) is 33.3. The van der Waals surface area contributed by atoms with Gasteiger partial charge in [-0.2, -0.15) is 10.4 Å². The summed E-state index contributed by atoms with van der Waals surface area (Å²) in [6, 6.07) is 20.0. The number of nitrogens with two attached hydrogens (primary N) is 1. The molecular weight excluding hydrogens is 606 g/mol. The largest absolute Gasteiger partial charge is 0.457 e. The van der Waals surface area contributed by atoms with Crippen molar-refractivity contribution in [2.45, 2.75) is 44.2 Å². The van der Waals surface area contributed by atoms with Crippen molar-refractivity contribution in [3.63, 3.8) is 0 Å². The lowest BCUT2D eigenvalue weighted by Crippen LogP contribution is -2.59. The van der Waals surface area contributed by atoms with E-state index in [0.717, 1.165) is 63.5 Å². The van der Waals surface area contributed by atoms with Crippen molar-refractivity contribution in [1.29, 1.82) is 5.26 Å². The molecule has 2 aromatic carbocycles. The fourth-order valence-corrected chi connectivity index (χ4v) is 6.97. The predicted molar refractivity (Wildman–Crippen MR) is 181 cm³/mol. The number of para-hydroxylation sites is 1. The SMILES string of the molecule is CC(C)(C=C(C#N)C(=O)N1CCCC(c2nc(-c3ccc(Oc4ccccc4)cc3)c3c(N)ncnn23)C1)N1CCN(C2COC2)CC1. The summed E-state index contributed by atoms with van der Waals surface area (Å²) >= 11 is 0. The van der Waals surface area contributed by atoms with Crippen LogP contribution in [-0.4, -0.2) is 104 Å². The zero-order valence-corrected chi connectivity index (χ0v) is 27.5. The van der Waals surface area contributed by atoms with E-state index in [0.29, 0.717) is 47.7 Å². The first-order valence-corrected chi connectivity index (χ1v) is 16.6. The monoisotopic (exact) mass is 647 g/mol. The molecule has 3 fully saturated rings. The van der Waals surface area contributed by atoms with Crippen LogP contribution in [0.15, 0.2) is 72.6 Å². The summed E-state index contributed by atoms with van der Waals surface area (Å²) in [6.07, 6.45) is 4.88. The van der Waals surface area contributed by atoms with Gasteiger partial charge in [-0.15, -0.1) is 0 Å². The van der Waals surface area contributed by atoms with E-state index in [-0.39, 0.29) is 17.4 Å². The number of fused-ring (bicyclic) bond motifs is 1. The molecule has 48 heavy (non-hydrogen) atoms. The van der Waals surface area contributed by atoms with Gasteiger partial charge in [-0.05, 0) is 69.2 Å². The normalized spacial score (nSPS) is 20.0. The first kappa shape index (κ1) is 31.8. The maximum Gasteiger partial charge on any atom is 0.264 e. The van der Waals surface area contributed by atoms with Crippen LogP contribution in [0.2, 0.25) is 0 Å². The van der Waals surface area contributed by atoms with E-state index in [4.69, 9.17) is 20.2 Å². The molecule has 1 atom stereocenters. The number of carbonyl (C=O) groups excluding carboxylic acids is 1. The first-order chi connectivity index (χ1) is 23.3. The molecule has 12 nitrogen and oxygen atoms in total. The van der Waals surface area contributed by atoms with Crippen molar-refractivity contribution in [2.75, 3.05) is 58.2 Å². The second-order valence-electron chi connectivity index (χ2n) is 13.3. The van der Waals surface area contributed by atoms with Gasteiger partial charge in [0.05, 0.1) is 19.3 Å². The minimum atomic E-state index is -0.442. The van der Waals surface area contributed by atoms with E-state index in [1.54, 1.807) is 9.42 Å². The number of rotatable bonds is 8. The van der Waals surface area contributed by atoms with Gasteiger partial charge < -0.3 is 20.1 Å².